The number of piperazine rings is 1. The molecule has 2 N–H and O–H groups in total. The summed E-state index contributed by atoms with van der Waals surface area (Å²) < 4.78 is 29.3. The molecular weight excluding hydrogens is 604 g/mol. The van der Waals surface area contributed by atoms with E-state index in [1.807, 2.05) is 16.7 Å². The van der Waals surface area contributed by atoms with Gasteiger partial charge in [-0.15, -0.1) is 0 Å². The van der Waals surface area contributed by atoms with Gasteiger partial charge in [0.2, 0.25) is 5.91 Å². The maximum absolute atomic E-state index is 15.7. The molecule has 14 heteroatoms. The van der Waals surface area contributed by atoms with Gasteiger partial charge in [0.05, 0.1) is 18.3 Å². The van der Waals surface area contributed by atoms with Crippen LogP contribution in [0, 0.1) is 23.0 Å². The second-order valence-corrected chi connectivity index (χ2v) is 11.9. The number of nitriles is 1. The van der Waals surface area contributed by atoms with Crippen LogP contribution in [0.2, 0.25) is 0 Å². The molecule has 0 unspecified atom stereocenters. The molecule has 0 spiro atoms. The third-order valence-electron chi connectivity index (χ3n) is 8.03. The molecule has 2 aliphatic heterocycles. The maximum Gasteiger partial charge on any atom is 0.354 e. The number of carboxylic acids is 1. The van der Waals surface area contributed by atoms with Crippen LogP contribution in [0.5, 0.6) is 0 Å². The van der Waals surface area contributed by atoms with Crippen molar-refractivity contribution in [2.24, 2.45) is 0 Å². The molecule has 0 aliphatic carbocycles. The van der Waals surface area contributed by atoms with Gasteiger partial charge in [-0.2, -0.15) is 5.26 Å². The molecule has 1 amide bonds. The summed E-state index contributed by atoms with van der Waals surface area (Å²) in [5.74, 6) is -2.45. The minimum absolute atomic E-state index is 0.0283. The highest BCUT2D eigenvalue weighted by Crippen LogP contribution is 2.40. The Morgan fingerprint density at radius 1 is 1.09 bits per heavy atom. The van der Waals surface area contributed by atoms with Crippen LogP contribution in [0.4, 0.5) is 25.3 Å². The number of aliphatic hydroxyl groups excluding tert-OH is 1. The standard InChI is InChI=1S/C31H29F2N7O4S/c1-2-40(31-36-28(26(14-34)45-31)18-3-5-19(32)6-4-18)25-13-24(30(43)44)35-29-22(25)11-20(12-23(29)33)38-9-7-37(8-10-38)17-27(42)39-15-21(41)16-39/h3-6,11-13,21,41H,2,7-10,15-17H2,1H3,(H,43,44). The van der Waals surface area contributed by atoms with E-state index in [2.05, 4.69) is 16.0 Å². The molecule has 0 saturated carbocycles. The van der Waals surface area contributed by atoms with E-state index in [-0.39, 0.29) is 23.7 Å². The zero-order chi connectivity index (χ0) is 31.8. The van der Waals surface area contributed by atoms with Crippen molar-refractivity contribution in [2.75, 3.05) is 62.2 Å². The van der Waals surface area contributed by atoms with Gasteiger partial charge in [-0.3, -0.25) is 9.69 Å². The van der Waals surface area contributed by atoms with E-state index >= 15 is 4.39 Å². The van der Waals surface area contributed by atoms with Gasteiger partial charge in [-0.05, 0) is 49.4 Å². The summed E-state index contributed by atoms with van der Waals surface area (Å²) in [6, 6.07) is 12.3. The number of benzene rings is 2. The van der Waals surface area contributed by atoms with Crippen LogP contribution in [0.15, 0.2) is 42.5 Å². The van der Waals surface area contributed by atoms with Crippen molar-refractivity contribution in [2.45, 2.75) is 13.0 Å². The molecule has 0 radical (unpaired) electrons. The van der Waals surface area contributed by atoms with E-state index in [1.165, 1.54) is 36.4 Å². The number of rotatable bonds is 8. The lowest BCUT2D eigenvalue weighted by molar-refractivity contribution is -0.142. The van der Waals surface area contributed by atoms with Crippen LogP contribution in [0.1, 0.15) is 22.3 Å². The highest BCUT2D eigenvalue weighted by molar-refractivity contribution is 7.16. The monoisotopic (exact) mass is 633 g/mol. The van der Waals surface area contributed by atoms with Crippen molar-refractivity contribution in [1.29, 1.82) is 5.26 Å². The number of amides is 1. The lowest BCUT2D eigenvalue weighted by Crippen LogP contribution is -2.57. The van der Waals surface area contributed by atoms with Gasteiger partial charge in [0.1, 0.15) is 28.0 Å². The Bertz CT molecular complexity index is 1810. The van der Waals surface area contributed by atoms with Gasteiger partial charge in [-0.1, -0.05) is 11.3 Å². The third kappa shape index (κ3) is 6.02. The number of carboxylic acid groups (broad SMARTS) is 1. The highest BCUT2D eigenvalue weighted by Gasteiger charge is 2.31. The number of hydrogen-bond acceptors (Lipinski definition) is 10. The van der Waals surface area contributed by atoms with E-state index < -0.39 is 23.7 Å². The molecule has 2 aromatic carbocycles. The molecular formula is C31H29F2N7O4S. The summed E-state index contributed by atoms with van der Waals surface area (Å²) in [6.45, 7) is 5.34. The number of fused-ring (bicyclic) bond motifs is 1. The largest absolute Gasteiger partial charge is 0.477 e. The first-order chi connectivity index (χ1) is 21.6. The first-order valence-corrected chi connectivity index (χ1v) is 15.2. The smallest absolute Gasteiger partial charge is 0.354 e. The van der Waals surface area contributed by atoms with Crippen LogP contribution < -0.4 is 9.80 Å². The zero-order valence-electron chi connectivity index (χ0n) is 24.3. The number of likely N-dealkylation sites (tertiary alicyclic amines) is 1. The normalized spacial score (nSPS) is 15.6. The number of anilines is 3. The van der Waals surface area contributed by atoms with Crippen molar-refractivity contribution in [3.05, 3.63) is 64.7 Å². The van der Waals surface area contributed by atoms with E-state index in [9.17, 15) is 29.5 Å². The van der Waals surface area contributed by atoms with E-state index in [0.29, 0.717) is 83.8 Å². The summed E-state index contributed by atoms with van der Waals surface area (Å²) in [5, 5.41) is 29.9. The topological polar surface area (TPSA) is 137 Å². The number of thiazole rings is 1. The van der Waals surface area contributed by atoms with Crippen molar-refractivity contribution in [3.8, 4) is 17.3 Å². The Balaban J connectivity index is 1.33. The lowest BCUT2D eigenvalue weighted by Gasteiger charge is -2.39. The summed E-state index contributed by atoms with van der Waals surface area (Å²) >= 11 is 1.10. The van der Waals surface area contributed by atoms with Crippen LogP contribution >= 0.6 is 11.3 Å². The summed E-state index contributed by atoms with van der Waals surface area (Å²) in [4.78, 5) is 41.0. The number of carbonyl (C=O) groups is 2. The molecule has 232 valence electrons. The number of aliphatic hydroxyl groups is 1. The molecule has 4 aromatic rings. The second kappa shape index (κ2) is 12.4. The van der Waals surface area contributed by atoms with Gasteiger partial charge in [0, 0.05) is 62.5 Å². The number of aromatic nitrogens is 2. The zero-order valence-corrected chi connectivity index (χ0v) is 25.1. The first kappa shape index (κ1) is 30.3. The highest BCUT2D eigenvalue weighted by atomic mass is 32.1. The number of nitrogens with zero attached hydrogens (tertiary/aromatic N) is 7. The number of pyridine rings is 1. The fourth-order valence-electron chi connectivity index (χ4n) is 5.60. The maximum atomic E-state index is 15.7. The van der Waals surface area contributed by atoms with Gasteiger partial charge >= 0.3 is 5.97 Å². The quantitative estimate of drug-likeness (QED) is 0.296. The molecule has 2 saturated heterocycles. The number of carbonyl (C=O) groups excluding carboxylic acids is 1. The van der Waals surface area contributed by atoms with Crippen LogP contribution in [-0.4, -0.2) is 100 Å². The lowest BCUT2D eigenvalue weighted by atomic mass is 10.1. The van der Waals surface area contributed by atoms with Crippen molar-refractivity contribution in [3.63, 3.8) is 0 Å². The average molecular weight is 634 g/mol. The number of aromatic carboxylic acids is 1. The summed E-state index contributed by atoms with van der Waals surface area (Å²) in [6.07, 6.45) is -0.455. The van der Waals surface area contributed by atoms with Gasteiger partial charge in [-0.25, -0.2) is 23.5 Å². The molecule has 2 fully saturated rings. The van der Waals surface area contributed by atoms with Crippen molar-refractivity contribution < 1.29 is 28.6 Å². The Kier molecular flexibility index (Phi) is 8.32. The third-order valence-corrected chi connectivity index (χ3v) is 9.02. The van der Waals surface area contributed by atoms with Crippen molar-refractivity contribution in [1.82, 2.24) is 19.8 Å². The number of hydrogen-bond donors (Lipinski definition) is 2. The van der Waals surface area contributed by atoms with E-state index in [1.54, 1.807) is 15.9 Å². The Labute approximate surface area is 261 Å². The van der Waals surface area contributed by atoms with Crippen molar-refractivity contribution >= 4 is 50.6 Å². The average Bonchev–Trinajstić information content (AvgIpc) is 3.44. The SMILES string of the molecule is CCN(c1nc(-c2ccc(F)cc2)c(C#N)s1)c1cc(C(=O)O)nc2c(F)cc(N3CCN(CC(=O)N4CC(O)C4)CC3)cc12. The Morgan fingerprint density at radius 2 is 1.80 bits per heavy atom. The van der Waals surface area contributed by atoms with Crippen LogP contribution in [-0.2, 0) is 4.79 Å². The minimum atomic E-state index is -1.32. The molecule has 2 aromatic heterocycles. The number of halogens is 2. The van der Waals surface area contributed by atoms with Gasteiger partial charge in [0.15, 0.2) is 16.6 Å². The fourth-order valence-corrected chi connectivity index (χ4v) is 6.56. The molecule has 0 atom stereocenters. The Hall–Kier alpha value is -4.71. The van der Waals surface area contributed by atoms with Crippen LogP contribution in [0.3, 0.4) is 0 Å². The molecule has 45 heavy (non-hydrogen) atoms. The van der Waals surface area contributed by atoms with Crippen LogP contribution in [0.25, 0.3) is 22.2 Å². The molecule has 6 rings (SSSR count). The Morgan fingerprint density at radius 3 is 2.42 bits per heavy atom. The van der Waals surface area contributed by atoms with E-state index in [4.69, 9.17) is 0 Å². The van der Waals surface area contributed by atoms with E-state index in [0.717, 1.165) is 11.3 Å². The summed E-state index contributed by atoms with van der Waals surface area (Å²) in [5.41, 5.74) is 1.42. The predicted octanol–water partition coefficient (Wildman–Crippen LogP) is 3.69. The first-order valence-electron chi connectivity index (χ1n) is 14.4. The molecule has 2 aliphatic rings. The molecule has 0 bridgehead atoms. The molecule has 4 heterocycles. The minimum Gasteiger partial charge on any atom is -0.477 e. The van der Waals surface area contributed by atoms with Gasteiger partial charge in [0.25, 0.3) is 0 Å². The number of β-amino-alcohol motifs (C(OH)–C–C–N with tert-alkyl or cyclic N) is 1. The fraction of sp³-hybridized carbons (Fsp3) is 0.323. The predicted molar refractivity (Wildman–Crippen MR) is 165 cm³/mol. The summed E-state index contributed by atoms with van der Waals surface area (Å²) in [7, 11) is 0. The second-order valence-electron chi connectivity index (χ2n) is 10.9. The molecule has 11 nitrogen and oxygen atoms in total. The van der Waals surface area contributed by atoms with Gasteiger partial charge < -0.3 is 24.9 Å².